The number of amides is 1. The summed E-state index contributed by atoms with van der Waals surface area (Å²) in [5, 5.41) is 2.75. The lowest BCUT2D eigenvalue weighted by molar-refractivity contribution is 0.0494. The standard InChI is InChI=1S/C16H21NO2/c1-15(2,3)19-14(18)17-16(4,5)12-11-13-9-7-6-8-10-13/h6-10H,1-5H3,(H,17,18). The quantitative estimate of drug-likeness (QED) is 0.785. The summed E-state index contributed by atoms with van der Waals surface area (Å²) in [4.78, 5) is 11.7. The Labute approximate surface area is 115 Å². The molecule has 0 aliphatic rings. The Hall–Kier alpha value is -1.95. The summed E-state index contributed by atoms with van der Waals surface area (Å²) in [5.41, 5.74) is -0.230. The van der Waals surface area contributed by atoms with E-state index in [2.05, 4.69) is 17.2 Å². The monoisotopic (exact) mass is 259 g/mol. The average molecular weight is 259 g/mol. The normalized spacial score (nSPS) is 11.2. The van der Waals surface area contributed by atoms with Crippen molar-refractivity contribution in [3.63, 3.8) is 0 Å². The summed E-state index contributed by atoms with van der Waals surface area (Å²) in [6.07, 6.45) is -0.458. The molecule has 0 unspecified atom stereocenters. The van der Waals surface area contributed by atoms with Gasteiger partial charge in [0.1, 0.15) is 5.60 Å². The smallest absolute Gasteiger partial charge is 0.408 e. The highest BCUT2D eigenvalue weighted by atomic mass is 16.6. The predicted molar refractivity (Wildman–Crippen MR) is 76.8 cm³/mol. The van der Waals surface area contributed by atoms with Gasteiger partial charge in [0.25, 0.3) is 0 Å². The first kappa shape index (κ1) is 15.1. The van der Waals surface area contributed by atoms with Gasteiger partial charge in [0.15, 0.2) is 0 Å². The van der Waals surface area contributed by atoms with Crippen LogP contribution in [0.5, 0.6) is 0 Å². The second-order valence-electron chi connectivity index (χ2n) is 5.87. The van der Waals surface area contributed by atoms with Crippen LogP contribution in [0.1, 0.15) is 40.2 Å². The molecule has 3 heteroatoms. The van der Waals surface area contributed by atoms with E-state index in [4.69, 9.17) is 4.74 Å². The Balaban J connectivity index is 2.67. The third kappa shape index (κ3) is 6.52. The molecule has 0 aromatic heterocycles. The van der Waals surface area contributed by atoms with E-state index in [1.165, 1.54) is 0 Å². The predicted octanol–water partition coefficient (Wildman–Crippen LogP) is 3.34. The zero-order valence-electron chi connectivity index (χ0n) is 12.2. The van der Waals surface area contributed by atoms with E-state index < -0.39 is 17.2 Å². The Kier molecular flexibility index (Phi) is 4.61. The van der Waals surface area contributed by atoms with E-state index in [0.29, 0.717) is 0 Å². The minimum absolute atomic E-state index is 0.458. The van der Waals surface area contributed by atoms with E-state index in [0.717, 1.165) is 5.56 Å². The van der Waals surface area contributed by atoms with Crippen molar-refractivity contribution < 1.29 is 9.53 Å². The topological polar surface area (TPSA) is 38.3 Å². The lowest BCUT2D eigenvalue weighted by Crippen LogP contribution is -2.44. The summed E-state index contributed by atoms with van der Waals surface area (Å²) in [7, 11) is 0. The molecule has 0 spiro atoms. The van der Waals surface area contributed by atoms with Crippen LogP contribution in [0, 0.1) is 11.8 Å². The van der Waals surface area contributed by atoms with Crippen molar-refractivity contribution in [1.82, 2.24) is 5.32 Å². The van der Waals surface area contributed by atoms with E-state index >= 15 is 0 Å². The van der Waals surface area contributed by atoms with Crippen molar-refractivity contribution in [3.8, 4) is 11.8 Å². The SMILES string of the molecule is CC(C)(C#Cc1ccccc1)NC(=O)OC(C)(C)C. The highest BCUT2D eigenvalue weighted by Crippen LogP contribution is 2.09. The zero-order chi connectivity index (χ0) is 14.5. The van der Waals surface area contributed by atoms with Crippen LogP contribution in [0.3, 0.4) is 0 Å². The summed E-state index contributed by atoms with van der Waals surface area (Å²) in [6.45, 7) is 9.17. The molecule has 0 heterocycles. The lowest BCUT2D eigenvalue weighted by Gasteiger charge is -2.24. The van der Waals surface area contributed by atoms with Gasteiger partial charge in [-0.25, -0.2) is 4.79 Å². The Morgan fingerprint density at radius 2 is 1.68 bits per heavy atom. The van der Waals surface area contributed by atoms with Crippen LogP contribution in [-0.4, -0.2) is 17.2 Å². The first-order chi connectivity index (χ1) is 8.68. The fraction of sp³-hybridized carbons (Fsp3) is 0.438. The number of ether oxygens (including phenoxy) is 1. The maximum Gasteiger partial charge on any atom is 0.408 e. The van der Waals surface area contributed by atoms with Gasteiger partial charge in [0, 0.05) is 5.56 Å². The van der Waals surface area contributed by atoms with Crippen LogP contribution in [0.25, 0.3) is 0 Å². The minimum atomic E-state index is -0.641. The van der Waals surface area contributed by atoms with Crippen molar-refractivity contribution in [2.75, 3.05) is 0 Å². The van der Waals surface area contributed by atoms with Gasteiger partial charge in [-0.2, -0.15) is 0 Å². The summed E-state index contributed by atoms with van der Waals surface area (Å²) in [6, 6.07) is 9.65. The van der Waals surface area contributed by atoms with Gasteiger partial charge in [-0.15, -0.1) is 0 Å². The average Bonchev–Trinajstić information content (AvgIpc) is 2.24. The number of benzene rings is 1. The fourth-order valence-electron chi connectivity index (χ4n) is 1.34. The third-order valence-corrected chi connectivity index (χ3v) is 2.11. The van der Waals surface area contributed by atoms with Gasteiger partial charge in [0.05, 0.1) is 5.54 Å². The van der Waals surface area contributed by atoms with Crippen LogP contribution in [0.15, 0.2) is 30.3 Å². The van der Waals surface area contributed by atoms with Crippen molar-refractivity contribution in [3.05, 3.63) is 35.9 Å². The second-order valence-corrected chi connectivity index (χ2v) is 5.87. The molecule has 1 aromatic rings. The zero-order valence-corrected chi connectivity index (χ0v) is 12.2. The molecule has 0 fully saturated rings. The van der Waals surface area contributed by atoms with Crippen molar-refractivity contribution in [2.24, 2.45) is 0 Å². The third-order valence-electron chi connectivity index (χ3n) is 2.11. The molecular weight excluding hydrogens is 238 g/mol. The van der Waals surface area contributed by atoms with E-state index in [1.807, 2.05) is 65.0 Å². The molecule has 0 aliphatic heterocycles. The molecule has 1 rings (SSSR count). The molecule has 3 nitrogen and oxygen atoms in total. The van der Waals surface area contributed by atoms with Gasteiger partial charge < -0.3 is 10.1 Å². The number of carbonyl (C=O) groups is 1. The van der Waals surface area contributed by atoms with Crippen LogP contribution in [0.2, 0.25) is 0 Å². The maximum atomic E-state index is 11.7. The number of hydrogen-bond acceptors (Lipinski definition) is 2. The van der Waals surface area contributed by atoms with Crippen molar-refractivity contribution in [2.45, 2.75) is 45.8 Å². The Morgan fingerprint density at radius 3 is 2.21 bits per heavy atom. The molecule has 19 heavy (non-hydrogen) atoms. The number of alkyl carbamates (subject to hydrolysis) is 1. The molecule has 102 valence electrons. The molecule has 0 saturated carbocycles. The van der Waals surface area contributed by atoms with Crippen molar-refractivity contribution >= 4 is 6.09 Å². The highest BCUT2D eigenvalue weighted by Gasteiger charge is 2.22. The number of carbonyl (C=O) groups excluding carboxylic acids is 1. The van der Waals surface area contributed by atoms with E-state index in [-0.39, 0.29) is 0 Å². The maximum absolute atomic E-state index is 11.7. The van der Waals surface area contributed by atoms with Gasteiger partial charge in [-0.05, 0) is 46.8 Å². The number of rotatable bonds is 1. The van der Waals surface area contributed by atoms with E-state index in [9.17, 15) is 4.79 Å². The largest absolute Gasteiger partial charge is 0.444 e. The summed E-state index contributed by atoms with van der Waals surface area (Å²) >= 11 is 0. The van der Waals surface area contributed by atoms with Gasteiger partial charge >= 0.3 is 6.09 Å². The van der Waals surface area contributed by atoms with Crippen molar-refractivity contribution in [1.29, 1.82) is 0 Å². The number of hydrogen-bond donors (Lipinski definition) is 1. The highest BCUT2D eigenvalue weighted by molar-refractivity contribution is 5.69. The van der Waals surface area contributed by atoms with Gasteiger partial charge in [0.2, 0.25) is 0 Å². The molecule has 1 amide bonds. The Morgan fingerprint density at radius 1 is 1.11 bits per heavy atom. The molecule has 0 aliphatic carbocycles. The molecule has 0 saturated heterocycles. The molecule has 0 atom stereocenters. The Bertz CT molecular complexity index is 487. The summed E-state index contributed by atoms with van der Waals surface area (Å²) in [5.74, 6) is 6.06. The minimum Gasteiger partial charge on any atom is -0.444 e. The van der Waals surface area contributed by atoms with Crippen LogP contribution in [0.4, 0.5) is 4.79 Å². The lowest BCUT2D eigenvalue weighted by atomic mass is 10.1. The first-order valence-electron chi connectivity index (χ1n) is 6.27. The number of nitrogens with one attached hydrogen (secondary N) is 1. The molecular formula is C16H21NO2. The molecule has 1 N–H and O–H groups in total. The molecule has 0 bridgehead atoms. The molecule has 1 aromatic carbocycles. The second kappa shape index (κ2) is 5.79. The van der Waals surface area contributed by atoms with Crippen LogP contribution < -0.4 is 5.32 Å². The fourth-order valence-corrected chi connectivity index (χ4v) is 1.34. The molecule has 0 radical (unpaired) electrons. The van der Waals surface area contributed by atoms with Crippen LogP contribution >= 0.6 is 0 Å². The summed E-state index contributed by atoms with van der Waals surface area (Å²) < 4.78 is 5.21. The first-order valence-corrected chi connectivity index (χ1v) is 6.27. The van der Waals surface area contributed by atoms with E-state index in [1.54, 1.807) is 0 Å². The van der Waals surface area contributed by atoms with Crippen LogP contribution in [-0.2, 0) is 4.74 Å². The van der Waals surface area contributed by atoms with Gasteiger partial charge in [-0.1, -0.05) is 30.0 Å². The van der Waals surface area contributed by atoms with Gasteiger partial charge in [-0.3, -0.25) is 0 Å².